The van der Waals surface area contributed by atoms with E-state index in [1.54, 1.807) is 12.1 Å². The van der Waals surface area contributed by atoms with E-state index in [0.29, 0.717) is 17.9 Å². The first-order valence-corrected chi connectivity index (χ1v) is 7.04. The fraction of sp³-hybridized carbons (Fsp3) is 0.333. The number of aliphatic hydroxyl groups is 1. The van der Waals surface area contributed by atoms with Gasteiger partial charge in [0.2, 0.25) is 0 Å². The molecule has 2 rings (SSSR count). The summed E-state index contributed by atoms with van der Waals surface area (Å²) >= 11 is 0. The van der Waals surface area contributed by atoms with Crippen molar-refractivity contribution in [2.75, 3.05) is 0 Å². The van der Waals surface area contributed by atoms with E-state index in [1.165, 1.54) is 11.6 Å². The molecule has 2 N–H and O–H groups in total. The van der Waals surface area contributed by atoms with Crippen LogP contribution in [0.5, 0.6) is 11.5 Å². The maximum absolute atomic E-state index is 9.56. The van der Waals surface area contributed by atoms with Crippen molar-refractivity contribution in [1.82, 2.24) is 0 Å². The van der Waals surface area contributed by atoms with Crippen LogP contribution in [0, 0.1) is 0 Å². The van der Waals surface area contributed by atoms with Crippen LogP contribution in [-0.2, 0) is 18.6 Å². The number of ether oxygens (including phenoxy) is 1. The zero-order valence-electron chi connectivity index (χ0n) is 12.8. The monoisotopic (exact) mass is 286 g/mol. The zero-order valence-corrected chi connectivity index (χ0v) is 12.8. The van der Waals surface area contributed by atoms with Gasteiger partial charge < -0.3 is 14.9 Å². The van der Waals surface area contributed by atoms with Gasteiger partial charge in [-0.25, -0.2) is 0 Å². The van der Waals surface area contributed by atoms with Crippen molar-refractivity contribution in [1.29, 1.82) is 0 Å². The Bertz CT molecular complexity index is 595. The molecular formula is C18H22O3. The Morgan fingerprint density at radius 3 is 2.19 bits per heavy atom. The molecule has 3 nitrogen and oxygen atoms in total. The highest BCUT2D eigenvalue weighted by molar-refractivity contribution is 5.37. The number of phenolic OH excluding ortho intramolecular Hbond substituents is 1. The van der Waals surface area contributed by atoms with Crippen LogP contribution in [0.2, 0.25) is 0 Å². The van der Waals surface area contributed by atoms with Gasteiger partial charge in [0.1, 0.15) is 18.1 Å². The highest BCUT2D eigenvalue weighted by Crippen LogP contribution is 2.24. The molecule has 0 spiro atoms. The lowest BCUT2D eigenvalue weighted by molar-refractivity contribution is 0.276. The lowest BCUT2D eigenvalue weighted by Crippen LogP contribution is -2.10. The maximum Gasteiger partial charge on any atom is 0.123 e. The Kier molecular flexibility index (Phi) is 4.53. The largest absolute Gasteiger partial charge is 0.508 e. The molecule has 3 heteroatoms. The molecule has 21 heavy (non-hydrogen) atoms. The minimum atomic E-state index is -0.120. The molecule has 0 saturated heterocycles. The summed E-state index contributed by atoms with van der Waals surface area (Å²) in [6, 6.07) is 13.1. The molecule has 0 saturated carbocycles. The normalized spacial score (nSPS) is 11.4. The lowest BCUT2D eigenvalue weighted by atomic mass is 9.87. The molecule has 0 amide bonds. The molecule has 112 valence electrons. The second kappa shape index (κ2) is 6.19. The van der Waals surface area contributed by atoms with Gasteiger partial charge in [0.25, 0.3) is 0 Å². The van der Waals surface area contributed by atoms with Gasteiger partial charge >= 0.3 is 0 Å². The predicted octanol–water partition coefficient (Wildman–Crippen LogP) is 3.76. The molecule has 0 aromatic heterocycles. The Balaban J connectivity index is 2.05. The average Bonchev–Trinajstić information content (AvgIpc) is 2.44. The highest BCUT2D eigenvalue weighted by Gasteiger charge is 2.12. The third-order valence-corrected chi connectivity index (χ3v) is 3.36. The van der Waals surface area contributed by atoms with Gasteiger partial charge in [-0.3, -0.25) is 0 Å². The van der Waals surface area contributed by atoms with Gasteiger partial charge in [-0.2, -0.15) is 0 Å². The van der Waals surface area contributed by atoms with Crippen molar-refractivity contribution in [3.05, 3.63) is 59.2 Å². The third-order valence-electron chi connectivity index (χ3n) is 3.36. The highest BCUT2D eigenvalue weighted by atomic mass is 16.5. The summed E-state index contributed by atoms with van der Waals surface area (Å²) in [4.78, 5) is 0. The summed E-state index contributed by atoms with van der Waals surface area (Å²) < 4.78 is 5.67. The van der Waals surface area contributed by atoms with Crippen LogP contribution in [0.25, 0.3) is 0 Å². The second-order valence-corrected chi connectivity index (χ2v) is 6.23. The van der Waals surface area contributed by atoms with Gasteiger partial charge in [-0.05, 0) is 34.2 Å². The van der Waals surface area contributed by atoms with E-state index in [1.807, 2.05) is 0 Å². The molecule has 0 atom stereocenters. The Labute approximate surface area is 125 Å². The first-order chi connectivity index (χ1) is 9.88. The fourth-order valence-corrected chi connectivity index (χ4v) is 2.09. The van der Waals surface area contributed by atoms with Crippen LogP contribution in [0.4, 0.5) is 0 Å². The SMILES string of the molecule is CC(C)(C)c1ccc(COc2cc(O)cc(CO)c2)cc1. The van der Waals surface area contributed by atoms with Crippen LogP contribution in [0.3, 0.4) is 0 Å². The van der Waals surface area contributed by atoms with Crippen molar-refractivity contribution in [2.24, 2.45) is 0 Å². The van der Waals surface area contributed by atoms with Crippen molar-refractivity contribution < 1.29 is 14.9 Å². The van der Waals surface area contributed by atoms with Crippen molar-refractivity contribution >= 4 is 0 Å². The summed E-state index contributed by atoms with van der Waals surface area (Å²) in [5.74, 6) is 0.651. The summed E-state index contributed by atoms with van der Waals surface area (Å²) in [6.07, 6.45) is 0. The third kappa shape index (κ3) is 4.23. The number of rotatable bonds is 4. The van der Waals surface area contributed by atoms with E-state index in [4.69, 9.17) is 9.84 Å². The minimum Gasteiger partial charge on any atom is -0.508 e. The second-order valence-electron chi connectivity index (χ2n) is 6.23. The van der Waals surface area contributed by atoms with E-state index in [0.717, 1.165) is 5.56 Å². The molecule has 0 heterocycles. The smallest absolute Gasteiger partial charge is 0.123 e. The van der Waals surface area contributed by atoms with Crippen LogP contribution < -0.4 is 4.74 Å². The number of aromatic hydroxyl groups is 1. The topological polar surface area (TPSA) is 49.7 Å². The molecular weight excluding hydrogens is 264 g/mol. The van der Waals surface area contributed by atoms with Gasteiger partial charge in [0.05, 0.1) is 6.61 Å². The molecule has 2 aromatic carbocycles. The Morgan fingerprint density at radius 1 is 0.952 bits per heavy atom. The molecule has 0 bridgehead atoms. The van der Waals surface area contributed by atoms with Crippen LogP contribution in [-0.4, -0.2) is 10.2 Å². The molecule has 0 aliphatic rings. The van der Waals surface area contributed by atoms with Crippen LogP contribution in [0.1, 0.15) is 37.5 Å². The van der Waals surface area contributed by atoms with E-state index >= 15 is 0 Å². The van der Waals surface area contributed by atoms with E-state index < -0.39 is 0 Å². The van der Waals surface area contributed by atoms with Gasteiger partial charge in [0, 0.05) is 6.07 Å². The first-order valence-electron chi connectivity index (χ1n) is 7.04. The zero-order chi connectivity index (χ0) is 15.5. The fourth-order valence-electron chi connectivity index (χ4n) is 2.09. The number of hydrogen-bond donors (Lipinski definition) is 2. The number of benzene rings is 2. The number of hydrogen-bond acceptors (Lipinski definition) is 3. The minimum absolute atomic E-state index is 0.0969. The van der Waals surface area contributed by atoms with Crippen molar-refractivity contribution in [3.63, 3.8) is 0 Å². The van der Waals surface area contributed by atoms with E-state index in [9.17, 15) is 5.11 Å². The molecule has 2 aromatic rings. The Morgan fingerprint density at radius 2 is 1.62 bits per heavy atom. The Hall–Kier alpha value is -2.00. The van der Waals surface area contributed by atoms with Crippen molar-refractivity contribution in [2.45, 2.75) is 39.4 Å². The van der Waals surface area contributed by atoms with Gasteiger partial charge in [-0.1, -0.05) is 45.0 Å². The molecule has 0 radical (unpaired) electrons. The van der Waals surface area contributed by atoms with Crippen molar-refractivity contribution in [3.8, 4) is 11.5 Å². The summed E-state index contributed by atoms with van der Waals surface area (Å²) in [5.41, 5.74) is 3.12. The maximum atomic E-state index is 9.56. The van der Waals surface area contributed by atoms with Gasteiger partial charge in [0.15, 0.2) is 0 Å². The molecule has 0 aliphatic carbocycles. The molecule has 0 fully saturated rings. The predicted molar refractivity (Wildman–Crippen MR) is 83.5 cm³/mol. The summed E-state index contributed by atoms with van der Waals surface area (Å²) in [6.45, 7) is 6.86. The lowest BCUT2D eigenvalue weighted by Gasteiger charge is -2.19. The van der Waals surface area contributed by atoms with Gasteiger partial charge in [-0.15, -0.1) is 0 Å². The van der Waals surface area contributed by atoms with E-state index in [-0.39, 0.29) is 17.8 Å². The standard InChI is InChI=1S/C18H22O3/c1-18(2,3)15-6-4-13(5-7-15)12-21-17-9-14(11-19)8-16(20)10-17/h4-10,19-20H,11-12H2,1-3H3. The quantitative estimate of drug-likeness (QED) is 0.899. The summed E-state index contributed by atoms with van der Waals surface area (Å²) in [5, 5.41) is 18.7. The van der Waals surface area contributed by atoms with E-state index in [2.05, 4.69) is 45.0 Å². The molecule has 0 aliphatic heterocycles. The van der Waals surface area contributed by atoms with Crippen LogP contribution >= 0.6 is 0 Å². The number of aliphatic hydroxyl groups excluding tert-OH is 1. The first kappa shape index (κ1) is 15.4. The summed E-state index contributed by atoms with van der Waals surface area (Å²) in [7, 11) is 0. The average molecular weight is 286 g/mol. The number of phenols is 1. The molecule has 0 unspecified atom stereocenters. The van der Waals surface area contributed by atoms with Crippen LogP contribution in [0.15, 0.2) is 42.5 Å².